The van der Waals surface area contributed by atoms with Gasteiger partial charge >= 0.3 is 0 Å². The third-order valence-corrected chi connectivity index (χ3v) is 6.23. The maximum Gasteiger partial charge on any atom is 0.238 e. The molecule has 1 fully saturated rings. The van der Waals surface area contributed by atoms with Gasteiger partial charge in [0.15, 0.2) is 9.84 Å². The van der Waals surface area contributed by atoms with Gasteiger partial charge in [-0.2, -0.15) is 0 Å². The SMILES string of the molecule is Cc1ccc(S(=O)(=O)[C@@H](C)C(=O)NC[C@H]2CCCO2)cc1C. The van der Waals surface area contributed by atoms with Crippen LogP contribution in [0.4, 0.5) is 0 Å². The summed E-state index contributed by atoms with van der Waals surface area (Å²) in [5.41, 5.74) is 1.92. The van der Waals surface area contributed by atoms with E-state index in [9.17, 15) is 13.2 Å². The number of ether oxygens (including phenoxy) is 1. The molecule has 1 N–H and O–H groups in total. The van der Waals surface area contributed by atoms with Crippen LogP contribution in [-0.2, 0) is 19.4 Å². The average Bonchev–Trinajstić information content (AvgIpc) is 3.00. The van der Waals surface area contributed by atoms with Crippen LogP contribution in [0.1, 0.15) is 30.9 Å². The number of benzene rings is 1. The monoisotopic (exact) mass is 325 g/mol. The van der Waals surface area contributed by atoms with E-state index in [2.05, 4.69) is 5.32 Å². The third-order valence-electron chi connectivity index (χ3n) is 4.17. The second-order valence-corrected chi connectivity index (χ2v) is 8.08. The predicted octanol–water partition coefficient (Wildman–Crippen LogP) is 1.76. The minimum Gasteiger partial charge on any atom is -0.376 e. The van der Waals surface area contributed by atoms with E-state index >= 15 is 0 Å². The molecule has 1 aromatic carbocycles. The van der Waals surface area contributed by atoms with E-state index in [4.69, 9.17) is 4.74 Å². The molecular weight excluding hydrogens is 302 g/mol. The van der Waals surface area contributed by atoms with Crippen LogP contribution in [-0.4, -0.2) is 38.8 Å². The summed E-state index contributed by atoms with van der Waals surface area (Å²) in [5.74, 6) is -0.478. The van der Waals surface area contributed by atoms with Gasteiger partial charge in [-0.15, -0.1) is 0 Å². The van der Waals surface area contributed by atoms with Crippen molar-refractivity contribution < 1.29 is 17.9 Å². The predicted molar refractivity (Wildman–Crippen MR) is 84.5 cm³/mol. The molecule has 1 aromatic rings. The smallest absolute Gasteiger partial charge is 0.238 e. The van der Waals surface area contributed by atoms with Gasteiger partial charge in [0.2, 0.25) is 5.91 Å². The molecule has 0 saturated carbocycles. The zero-order valence-electron chi connectivity index (χ0n) is 13.3. The first-order valence-corrected chi connectivity index (χ1v) is 9.07. The van der Waals surface area contributed by atoms with Gasteiger partial charge in [0, 0.05) is 13.2 Å². The summed E-state index contributed by atoms with van der Waals surface area (Å²) >= 11 is 0. The van der Waals surface area contributed by atoms with Gasteiger partial charge in [0.25, 0.3) is 0 Å². The van der Waals surface area contributed by atoms with E-state index in [0.29, 0.717) is 13.2 Å². The summed E-state index contributed by atoms with van der Waals surface area (Å²) in [6.07, 6.45) is 1.88. The molecule has 2 atom stereocenters. The lowest BCUT2D eigenvalue weighted by molar-refractivity contribution is -0.120. The molecule has 22 heavy (non-hydrogen) atoms. The van der Waals surface area contributed by atoms with Crippen LogP contribution < -0.4 is 5.32 Å². The quantitative estimate of drug-likeness (QED) is 0.895. The fraction of sp³-hybridized carbons (Fsp3) is 0.562. The highest BCUT2D eigenvalue weighted by atomic mass is 32.2. The van der Waals surface area contributed by atoms with Crippen molar-refractivity contribution in [3.05, 3.63) is 29.3 Å². The van der Waals surface area contributed by atoms with Crippen molar-refractivity contribution in [1.82, 2.24) is 5.32 Å². The number of hydrogen-bond acceptors (Lipinski definition) is 4. The first kappa shape index (κ1) is 17.0. The molecule has 6 heteroatoms. The van der Waals surface area contributed by atoms with Crippen LogP contribution in [0.5, 0.6) is 0 Å². The van der Waals surface area contributed by atoms with Crippen molar-refractivity contribution in [2.45, 2.75) is 49.9 Å². The van der Waals surface area contributed by atoms with E-state index in [-0.39, 0.29) is 11.0 Å². The molecule has 0 aliphatic carbocycles. The topological polar surface area (TPSA) is 72.5 Å². The third kappa shape index (κ3) is 3.67. The zero-order chi connectivity index (χ0) is 16.3. The summed E-state index contributed by atoms with van der Waals surface area (Å²) in [6, 6.07) is 4.94. The van der Waals surface area contributed by atoms with Gasteiger partial charge in [-0.1, -0.05) is 6.07 Å². The van der Waals surface area contributed by atoms with Gasteiger partial charge in [-0.25, -0.2) is 8.42 Å². The highest BCUT2D eigenvalue weighted by Crippen LogP contribution is 2.20. The lowest BCUT2D eigenvalue weighted by Crippen LogP contribution is -2.41. The number of rotatable bonds is 5. The van der Waals surface area contributed by atoms with Crippen LogP contribution in [0.25, 0.3) is 0 Å². The summed E-state index contributed by atoms with van der Waals surface area (Å²) in [4.78, 5) is 12.3. The number of carbonyl (C=O) groups is 1. The van der Waals surface area contributed by atoms with Gasteiger partial charge in [-0.3, -0.25) is 4.79 Å². The highest BCUT2D eigenvalue weighted by molar-refractivity contribution is 7.92. The number of carbonyl (C=O) groups excluding carboxylic acids is 1. The van der Waals surface area contributed by atoms with Gasteiger partial charge in [0.1, 0.15) is 5.25 Å². The minimum atomic E-state index is -3.68. The van der Waals surface area contributed by atoms with Crippen molar-refractivity contribution in [3.63, 3.8) is 0 Å². The second kappa shape index (κ2) is 6.79. The summed E-state index contributed by atoms with van der Waals surface area (Å²) in [7, 11) is -3.68. The number of sulfone groups is 1. The first-order chi connectivity index (χ1) is 10.3. The molecule has 1 aliphatic heterocycles. The van der Waals surface area contributed by atoms with Crippen molar-refractivity contribution in [2.75, 3.05) is 13.2 Å². The van der Waals surface area contributed by atoms with Gasteiger partial charge < -0.3 is 10.1 Å². The fourth-order valence-corrected chi connectivity index (χ4v) is 3.77. The lowest BCUT2D eigenvalue weighted by atomic mass is 10.1. The maximum absolute atomic E-state index is 12.5. The van der Waals surface area contributed by atoms with E-state index < -0.39 is 21.0 Å². The molecule has 0 unspecified atom stereocenters. The Hall–Kier alpha value is -1.40. The van der Waals surface area contributed by atoms with E-state index in [1.165, 1.54) is 6.92 Å². The van der Waals surface area contributed by atoms with E-state index in [1.807, 2.05) is 13.8 Å². The Kier molecular flexibility index (Phi) is 5.24. The number of nitrogens with one attached hydrogen (secondary N) is 1. The molecule has 122 valence electrons. The number of amides is 1. The van der Waals surface area contributed by atoms with Crippen LogP contribution in [0.3, 0.4) is 0 Å². The largest absolute Gasteiger partial charge is 0.376 e. The molecule has 1 aliphatic rings. The highest BCUT2D eigenvalue weighted by Gasteiger charge is 2.30. The first-order valence-electron chi connectivity index (χ1n) is 7.53. The molecule has 0 radical (unpaired) electrons. The van der Waals surface area contributed by atoms with Crippen LogP contribution in [0.2, 0.25) is 0 Å². The normalized spacial score (nSPS) is 19.9. The Bertz CT molecular complexity index is 648. The Morgan fingerprint density at radius 3 is 2.68 bits per heavy atom. The maximum atomic E-state index is 12.5. The minimum absolute atomic E-state index is 0.000438. The summed E-state index contributed by atoms with van der Waals surface area (Å²) < 4.78 is 30.5. The standard InChI is InChI=1S/C16H23NO4S/c1-11-6-7-15(9-12(11)2)22(19,20)13(3)16(18)17-10-14-5-4-8-21-14/h6-7,9,13-14H,4-5,8,10H2,1-3H3,(H,17,18)/t13-,14+/m0/s1. The molecule has 1 heterocycles. The Morgan fingerprint density at radius 2 is 2.09 bits per heavy atom. The van der Waals surface area contributed by atoms with Gasteiger partial charge in [0.05, 0.1) is 11.0 Å². The zero-order valence-corrected chi connectivity index (χ0v) is 14.1. The Balaban J connectivity index is 2.06. The average molecular weight is 325 g/mol. The molecule has 0 bridgehead atoms. The van der Waals surface area contributed by atoms with Crippen LogP contribution in [0, 0.1) is 13.8 Å². The molecule has 1 amide bonds. The van der Waals surface area contributed by atoms with Crippen molar-refractivity contribution in [1.29, 1.82) is 0 Å². The second-order valence-electron chi connectivity index (χ2n) is 5.81. The molecule has 0 spiro atoms. The molecule has 1 saturated heterocycles. The lowest BCUT2D eigenvalue weighted by Gasteiger charge is -2.16. The fourth-order valence-electron chi connectivity index (χ4n) is 2.40. The molecule has 2 rings (SSSR count). The summed E-state index contributed by atoms with van der Waals surface area (Å²) in [5, 5.41) is 1.57. The van der Waals surface area contributed by atoms with Crippen molar-refractivity contribution in [3.8, 4) is 0 Å². The molecule has 0 aromatic heterocycles. The van der Waals surface area contributed by atoms with Crippen molar-refractivity contribution >= 4 is 15.7 Å². The summed E-state index contributed by atoms with van der Waals surface area (Å²) in [6.45, 7) is 6.28. The number of hydrogen-bond donors (Lipinski definition) is 1. The van der Waals surface area contributed by atoms with Crippen molar-refractivity contribution in [2.24, 2.45) is 0 Å². The molecular formula is C16H23NO4S. The Labute approximate surface area is 132 Å². The van der Waals surface area contributed by atoms with E-state index in [1.54, 1.807) is 18.2 Å². The van der Waals surface area contributed by atoms with Gasteiger partial charge in [-0.05, 0) is 56.9 Å². The van der Waals surface area contributed by atoms with Crippen LogP contribution >= 0.6 is 0 Å². The van der Waals surface area contributed by atoms with Crippen LogP contribution in [0.15, 0.2) is 23.1 Å². The number of aryl methyl sites for hydroxylation is 2. The molecule has 5 nitrogen and oxygen atoms in total. The Morgan fingerprint density at radius 1 is 1.36 bits per heavy atom. The van der Waals surface area contributed by atoms with E-state index in [0.717, 1.165) is 24.0 Å².